The van der Waals surface area contributed by atoms with Gasteiger partial charge in [-0.05, 0) is 47.4 Å². The number of fused-ring (bicyclic) bond motifs is 1. The van der Waals surface area contributed by atoms with Gasteiger partial charge in [0.05, 0.1) is 24.4 Å². The second kappa shape index (κ2) is 9.27. The Morgan fingerprint density at radius 3 is 2.71 bits per heavy atom. The predicted molar refractivity (Wildman–Crippen MR) is 124 cm³/mol. The van der Waals surface area contributed by atoms with Crippen molar-refractivity contribution < 1.29 is 4.79 Å². The van der Waals surface area contributed by atoms with Crippen LogP contribution in [0.2, 0.25) is 0 Å². The summed E-state index contributed by atoms with van der Waals surface area (Å²) in [4.78, 5) is 16.7. The molecule has 5 heteroatoms. The Kier molecular flexibility index (Phi) is 6.09. The second-order valence-electron chi connectivity index (χ2n) is 7.55. The number of carbonyl (C=O) groups excluding carboxylic acids is 1. The number of nitrogens with zero attached hydrogens (tertiary/aromatic N) is 3. The van der Waals surface area contributed by atoms with Gasteiger partial charge in [-0.15, -0.1) is 0 Å². The molecule has 0 radical (unpaired) electrons. The van der Waals surface area contributed by atoms with Crippen LogP contribution in [0.5, 0.6) is 0 Å². The fourth-order valence-electron chi connectivity index (χ4n) is 3.64. The maximum Gasteiger partial charge on any atom is 0.224 e. The summed E-state index contributed by atoms with van der Waals surface area (Å²) in [5, 5.41) is 11.9. The molecule has 4 rings (SSSR count). The molecule has 0 fully saturated rings. The molecule has 2 aromatic heterocycles. The van der Waals surface area contributed by atoms with Crippen molar-refractivity contribution in [2.24, 2.45) is 0 Å². The molecule has 0 spiro atoms. The van der Waals surface area contributed by atoms with E-state index in [2.05, 4.69) is 29.4 Å². The molecule has 0 saturated carbocycles. The number of unbranched alkanes of at least 4 members (excludes halogenated alkanes) is 1. The summed E-state index contributed by atoms with van der Waals surface area (Å²) in [7, 11) is 0. The van der Waals surface area contributed by atoms with Gasteiger partial charge in [0.15, 0.2) is 0 Å². The summed E-state index contributed by atoms with van der Waals surface area (Å²) in [6.45, 7) is 2.08. The van der Waals surface area contributed by atoms with Crippen LogP contribution in [-0.2, 0) is 11.2 Å². The number of amides is 1. The monoisotopic (exact) mass is 408 g/mol. The molecule has 1 amide bonds. The number of hydrogen-bond donors (Lipinski definition) is 1. The lowest BCUT2D eigenvalue weighted by Gasteiger charge is -2.08. The minimum atomic E-state index is 0.0420. The Balaban J connectivity index is 1.62. The van der Waals surface area contributed by atoms with Gasteiger partial charge in [0.2, 0.25) is 5.91 Å². The molecule has 4 aromatic rings. The van der Waals surface area contributed by atoms with Crippen molar-refractivity contribution in [2.75, 3.05) is 5.32 Å². The van der Waals surface area contributed by atoms with Gasteiger partial charge < -0.3 is 5.32 Å². The number of pyridine rings is 1. The number of rotatable bonds is 7. The SMILES string of the molecule is CCCCC(=O)Nc1cccc(-c2cnc3cc(-c4cccc(CC#N)c4)ccn23)c1. The standard InChI is InChI=1S/C26H24N4O/c1-2-3-10-26(31)29-23-9-5-8-22(16-23)24-18-28-25-17-21(12-14-30(24)25)20-7-4-6-19(15-20)11-13-27/h4-9,12,14-18H,2-3,10-11H2,1H3,(H,29,31). The number of anilines is 1. The highest BCUT2D eigenvalue weighted by Gasteiger charge is 2.09. The maximum atomic E-state index is 12.1. The Hall–Kier alpha value is -3.91. The Morgan fingerprint density at radius 2 is 1.87 bits per heavy atom. The predicted octanol–water partition coefficient (Wildman–Crippen LogP) is 5.86. The van der Waals surface area contributed by atoms with Crippen molar-refractivity contribution >= 4 is 17.2 Å². The third kappa shape index (κ3) is 4.65. The van der Waals surface area contributed by atoms with E-state index in [4.69, 9.17) is 5.26 Å². The number of benzene rings is 2. The van der Waals surface area contributed by atoms with Crippen molar-refractivity contribution in [1.82, 2.24) is 9.38 Å². The van der Waals surface area contributed by atoms with Crippen molar-refractivity contribution in [2.45, 2.75) is 32.6 Å². The Labute approximate surface area is 182 Å². The van der Waals surface area contributed by atoms with Gasteiger partial charge in [-0.25, -0.2) is 4.98 Å². The van der Waals surface area contributed by atoms with Crippen LogP contribution >= 0.6 is 0 Å². The van der Waals surface area contributed by atoms with Crippen LogP contribution in [0, 0.1) is 11.3 Å². The lowest BCUT2D eigenvalue weighted by atomic mass is 10.0. The van der Waals surface area contributed by atoms with Crippen molar-refractivity contribution in [3.05, 3.63) is 78.6 Å². The van der Waals surface area contributed by atoms with Gasteiger partial charge in [-0.2, -0.15) is 5.26 Å². The zero-order valence-corrected chi connectivity index (χ0v) is 17.5. The molecule has 31 heavy (non-hydrogen) atoms. The Bertz CT molecular complexity index is 1270. The normalized spacial score (nSPS) is 10.7. The van der Waals surface area contributed by atoms with E-state index < -0.39 is 0 Å². The molecule has 2 aromatic carbocycles. The van der Waals surface area contributed by atoms with E-state index >= 15 is 0 Å². The third-order valence-corrected chi connectivity index (χ3v) is 5.26. The summed E-state index contributed by atoms with van der Waals surface area (Å²) >= 11 is 0. The average Bonchev–Trinajstić information content (AvgIpc) is 3.22. The first-order chi connectivity index (χ1) is 15.2. The molecule has 154 valence electrons. The topological polar surface area (TPSA) is 70.2 Å². The third-order valence-electron chi connectivity index (χ3n) is 5.26. The highest BCUT2D eigenvalue weighted by atomic mass is 16.1. The van der Waals surface area contributed by atoms with E-state index in [1.165, 1.54) is 0 Å². The van der Waals surface area contributed by atoms with E-state index in [1.807, 2.05) is 71.4 Å². The summed E-state index contributed by atoms with van der Waals surface area (Å²) in [5.41, 5.74) is 6.71. The molecule has 0 aliphatic heterocycles. The fourth-order valence-corrected chi connectivity index (χ4v) is 3.64. The number of carbonyl (C=O) groups is 1. The van der Waals surface area contributed by atoms with E-state index in [1.54, 1.807) is 0 Å². The van der Waals surface area contributed by atoms with Crippen LogP contribution in [0.1, 0.15) is 31.7 Å². The molecule has 0 unspecified atom stereocenters. The van der Waals surface area contributed by atoms with Crippen LogP contribution in [-0.4, -0.2) is 15.3 Å². The molecule has 0 aliphatic rings. The van der Waals surface area contributed by atoms with E-state index in [-0.39, 0.29) is 5.91 Å². The average molecular weight is 409 g/mol. The van der Waals surface area contributed by atoms with E-state index in [9.17, 15) is 4.79 Å². The second-order valence-corrected chi connectivity index (χ2v) is 7.55. The highest BCUT2D eigenvalue weighted by Crippen LogP contribution is 2.27. The quantitative estimate of drug-likeness (QED) is 0.416. The summed E-state index contributed by atoms with van der Waals surface area (Å²) in [6, 6.07) is 22.2. The molecule has 2 heterocycles. The van der Waals surface area contributed by atoms with E-state index in [0.29, 0.717) is 12.8 Å². The van der Waals surface area contributed by atoms with Crippen LogP contribution in [0.25, 0.3) is 28.0 Å². The summed E-state index contributed by atoms with van der Waals surface area (Å²) in [5.74, 6) is 0.0420. The largest absolute Gasteiger partial charge is 0.326 e. The first-order valence-electron chi connectivity index (χ1n) is 10.5. The van der Waals surface area contributed by atoms with E-state index in [0.717, 1.165) is 52.1 Å². The van der Waals surface area contributed by atoms with Crippen molar-refractivity contribution in [1.29, 1.82) is 5.26 Å². The lowest BCUT2D eigenvalue weighted by molar-refractivity contribution is -0.116. The van der Waals surface area contributed by atoms with Gasteiger partial charge in [-0.3, -0.25) is 9.20 Å². The van der Waals surface area contributed by atoms with Crippen LogP contribution < -0.4 is 5.32 Å². The van der Waals surface area contributed by atoms with Gasteiger partial charge >= 0.3 is 0 Å². The zero-order chi connectivity index (χ0) is 21.6. The number of nitrogens with one attached hydrogen (secondary N) is 1. The number of hydrogen-bond acceptors (Lipinski definition) is 3. The molecular formula is C26H24N4O. The van der Waals surface area contributed by atoms with Crippen molar-refractivity contribution in [3.63, 3.8) is 0 Å². The first kappa shape index (κ1) is 20.4. The van der Waals surface area contributed by atoms with Crippen LogP contribution in [0.3, 0.4) is 0 Å². The molecule has 0 aliphatic carbocycles. The first-order valence-corrected chi connectivity index (χ1v) is 10.5. The fraction of sp³-hybridized carbons (Fsp3) is 0.192. The summed E-state index contributed by atoms with van der Waals surface area (Å²) < 4.78 is 2.04. The molecule has 1 N–H and O–H groups in total. The van der Waals surface area contributed by atoms with Crippen molar-refractivity contribution in [3.8, 4) is 28.5 Å². The minimum absolute atomic E-state index is 0.0420. The number of imidazole rings is 1. The molecule has 0 bridgehead atoms. The number of nitriles is 1. The summed E-state index contributed by atoms with van der Waals surface area (Å²) in [6.07, 6.45) is 6.68. The Morgan fingerprint density at radius 1 is 1.06 bits per heavy atom. The van der Waals surface area contributed by atoms with Gasteiger partial charge in [-0.1, -0.05) is 49.7 Å². The number of aromatic nitrogens is 2. The van der Waals surface area contributed by atoms with Gasteiger partial charge in [0.1, 0.15) is 5.65 Å². The minimum Gasteiger partial charge on any atom is -0.326 e. The molecular weight excluding hydrogens is 384 g/mol. The van der Waals surface area contributed by atoms with Crippen LogP contribution in [0.15, 0.2) is 73.1 Å². The smallest absolute Gasteiger partial charge is 0.224 e. The molecule has 5 nitrogen and oxygen atoms in total. The van der Waals surface area contributed by atoms with Gasteiger partial charge in [0, 0.05) is 23.9 Å². The van der Waals surface area contributed by atoms with Crippen LogP contribution in [0.4, 0.5) is 5.69 Å². The zero-order valence-electron chi connectivity index (χ0n) is 17.5. The highest BCUT2D eigenvalue weighted by molar-refractivity contribution is 5.91. The van der Waals surface area contributed by atoms with Gasteiger partial charge in [0.25, 0.3) is 0 Å². The molecule has 0 saturated heterocycles. The molecule has 0 atom stereocenters. The maximum absolute atomic E-state index is 12.1. The lowest BCUT2D eigenvalue weighted by Crippen LogP contribution is -2.10.